The Balaban J connectivity index is 1.82. The van der Waals surface area contributed by atoms with Crippen LogP contribution in [0.15, 0.2) is 59.4 Å². The lowest BCUT2D eigenvalue weighted by molar-refractivity contribution is 0.0601. The maximum Gasteiger partial charge on any atom is 0.340 e. The third-order valence-electron chi connectivity index (χ3n) is 3.81. The van der Waals surface area contributed by atoms with Crippen molar-refractivity contribution in [3.05, 3.63) is 81.7 Å². The van der Waals surface area contributed by atoms with Gasteiger partial charge in [0.15, 0.2) is 0 Å². The van der Waals surface area contributed by atoms with Crippen LogP contribution in [0.4, 0.5) is 5.69 Å². The van der Waals surface area contributed by atoms with Crippen LogP contribution < -0.4 is 10.1 Å². The van der Waals surface area contributed by atoms with Gasteiger partial charge in [-0.25, -0.2) is 4.79 Å². The number of anilines is 1. The van der Waals surface area contributed by atoms with E-state index in [2.05, 4.69) is 5.32 Å². The summed E-state index contributed by atoms with van der Waals surface area (Å²) in [5, 5.41) is 3.27. The van der Waals surface area contributed by atoms with E-state index in [1.54, 1.807) is 36.8 Å². The number of ether oxygens (including phenoxy) is 2. The first-order valence-corrected chi connectivity index (χ1v) is 8.86. The van der Waals surface area contributed by atoms with Crippen LogP contribution in [0, 0.1) is 0 Å². The molecule has 0 fully saturated rings. The van der Waals surface area contributed by atoms with E-state index in [0.717, 1.165) is 5.56 Å². The first kappa shape index (κ1) is 19.8. The maximum atomic E-state index is 12.5. The number of carbonyl (C=O) groups is 2. The average Bonchev–Trinajstić information content (AvgIpc) is 3.20. The number of halogens is 2. The standard InChI is InChI=1S/C20H15Cl2NO5/c1-26-20(25)16-9-14(28-11-12-6-7-27-10-12)3-5-18(16)23-19(24)15-4-2-13(21)8-17(15)22/h2-10H,11H2,1H3,(H,23,24). The Morgan fingerprint density at radius 1 is 1.07 bits per heavy atom. The Hall–Kier alpha value is -2.96. The number of hydrogen-bond donors (Lipinski definition) is 1. The number of furan rings is 1. The molecule has 28 heavy (non-hydrogen) atoms. The van der Waals surface area contributed by atoms with Crippen molar-refractivity contribution in [3.63, 3.8) is 0 Å². The smallest absolute Gasteiger partial charge is 0.340 e. The number of carbonyl (C=O) groups excluding carboxylic acids is 2. The van der Waals surface area contributed by atoms with Gasteiger partial charge in [0, 0.05) is 10.6 Å². The van der Waals surface area contributed by atoms with Crippen LogP contribution in [0.3, 0.4) is 0 Å². The van der Waals surface area contributed by atoms with E-state index in [1.165, 1.54) is 25.3 Å². The minimum atomic E-state index is -0.619. The predicted molar refractivity (Wildman–Crippen MR) is 105 cm³/mol. The summed E-state index contributed by atoms with van der Waals surface area (Å²) < 4.78 is 15.4. The molecule has 0 aliphatic rings. The zero-order chi connectivity index (χ0) is 20.1. The van der Waals surface area contributed by atoms with Crippen molar-refractivity contribution in [1.82, 2.24) is 0 Å². The molecule has 6 nitrogen and oxygen atoms in total. The van der Waals surface area contributed by atoms with Crippen LogP contribution in [0.2, 0.25) is 10.0 Å². The number of esters is 1. The third kappa shape index (κ3) is 4.65. The maximum absolute atomic E-state index is 12.5. The van der Waals surface area contributed by atoms with E-state index in [-0.39, 0.29) is 28.4 Å². The van der Waals surface area contributed by atoms with Gasteiger partial charge in [0.25, 0.3) is 5.91 Å². The molecule has 1 heterocycles. The molecule has 0 saturated carbocycles. The van der Waals surface area contributed by atoms with E-state index in [9.17, 15) is 9.59 Å². The molecule has 0 radical (unpaired) electrons. The quantitative estimate of drug-likeness (QED) is 0.555. The molecule has 3 aromatic rings. The summed E-state index contributed by atoms with van der Waals surface area (Å²) in [7, 11) is 1.25. The molecule has 8 heteroatoms. The number of hydrogen-bond acceptors (Lipinski definition) is 5. The third-order valence-corrected chi connectivity index (χ3v) is 4.35. The normalized spacial score (nSPS) is 10.4. The molecule has 1 N–H and O–H groups in total. The van der Waals surface area contributed by atoms with Gasteiger partial charge in [0.05, 0.1) is 41.5 Å². The zero-order valence-corrected chi connectivity index (χ0v) is 16.2. The minimum Gasteiger partial charge on any atom is -0.489 e. The highest BCUT2D eigenvalue weighted by Gasteiger charge is 2.18. The molecule has 1 amide bonds. The van der Waals surface area contributed by atoms with Gasteiger partial charge in [-0.05, 0) is 42.5 Å². The molecule has 3 rings (SSSR count). The molecule has 2 aromatic carbocycles. The summed E-state index contributed by atoms with van der Waals surface area (Å²) in [4.78, 5) is 24.7. The first-order valence-electron chi connectivity index (χ1n) is 8.10. The number of amides is 1. The van der Waals surface area contributed by atoms with Crippen molar-refractivity contribution in [1.29, 1.82) is 0 Å². The van der Waals surface area contributed by atoms with E-state index in [0.29, 0.717) is 10.8 Å². The van der Waals surface area contributed by atoms with Crippen molar-refractivity contribution in [2.24, 2.45) is 0 Å². The highest BCUT2D eigenvalue weighted by molar-refractivity contribution is 6.37. The van der Waals surface area contributed by atoms with Gasteiger partial charge >= 0.3 is 5.97 Å². The second kappa shape index (κ2) is 8.82. The molecule has 0 aliphatic carbocycles. The lowest BCUT2D eigenvalue weighted by Gasteiger charge is -2.13. The van der Waals surface area contributed by atoms with Gasteiger partial charge in [-0.2, -0.15) is 0 Å². The predicted octanol–water partition coefficient (Wildman–Crippen LogP) is 5.20. The van der Waals surface area contributed by atoms with Gasteiger partial charge < -0.3 is 19.2 Å². The fourth-order valence-electron chi connectivity index (χ4n) is 2.41. The van der Waals surface area contributed by atoms with Gasteiger partial charge in [-0.1, -0.05) is 23.2 Å². The first-order chi connectivity index (χ1) is 13.5. The van der Waals surface area contributed by atoms with Crippen molar-refractivity contribution in [2.75, 3.05) is 12.4 Å². The van der Waals surface area contributed by atoms with Gasteiger partial charge in [-0.15, -0.1) is 0 Å². The number of methoxy groups -OCH3 is 1. The Morgan fingerprint density at radius 2 is 1.89 bits per heavy atom. The largest absolute Gasteiger partial charge is 0.489 e. The Labute approximate surface area is 171 Å². The minimum absolute atomic E-state index is 0.144. The van der Waals surface area contributed by atoms with Gasteiger partial charge in [0.1, 0.15) is 12.4 Å². The molecule has 144 valence electrons. The second-order valence-electron chi connectivity index (χ2n) is 5.70. The van der Waals surface area contributed by atoms with E-state index >= 15 is 0 Å². The molecular weight excluding hydrogens is 405 g/mol. The molecule has 0 atom stereocenters. The molecule has 0 spiro atoms. The summed E-state index contributed by atoms with van der Waals surface area (Å²) in [5.41, 5.74) is 1.47. The topological polar surface area (TPSA) is 77.8 Å². The molecule has 1 aromatic heterocycles. The number of benzene rings is 2. The fourth-order valence-corrected chi connectivity index (χ4v) is 2.90. The molecular formula is C20H15Cl2NO5. The van der Waals surface area contributed by atoms with Gasteiger partial charge in [0.2, 0.25) is 0 Å². The van der Waals surface area contributed by atoms with E-state index in [4.69, 9.17) is 37.1 Å². The second-order valence-corrected chi connectivity index (χ2v) is 6.54. The summed E-state index contributed by atoms with van der Waals surface area (Å²) in [6.45, 7) is 0.267. The monoisotopic (exact) mass is 419 g/mol. The summed E-state index contributed by atoms with van der Waals surface area (Å²) >= 11 is 11.9. The highest BCUT2D eigenvalue weighted by atomic mass is 35.5. The molecule has 0 saturated heterocycles. The SMILES string of the molecule is COC(=O)c1cc(OCc2ccoc2)ccc1NC(=O)c1ccc(Cl)cc1Cl. The summed E-state index contributed by atoms with van der Waals surface area (Å²) in [5.74, 6) is -0.672. The molecule has 0 aliphatic heterocycles. The fraction of sp³-hybridized carbons (Fsp3) is 0.100. The van der Waals surface area contributed by atoms with Crippen LogP contribution in [0.1, 0.15) is 26.3 Å². The van der Waals surface area contributed by atoms with E-state index < -0.39 is 11.9 Å². The van der Waals surface area contributed by atoms with Crippen LogP contribution in [0.25, 0.3) is 0 Å². The van der Waals surface area contributed by atoms with Crippen LogP contribution in [-0.4, -0.2) is 19.0 Å². The van der Waals surface area contributed by atoms with Crippen molar-refractivity contribution >= 4 is 40.8 Å². The summed E-state index contributed by atoms with van der Waals surface area (Å²) in [6.07, 6.45) is 3.10. The molecule has 0 bridgehead atoms. The van der Waals surface area contributed by atoms with Crippen molar-refractivity contribution in [3.8, 4) is 5.75 Å². The van der Waals surface area contributed by atoms with Crippen molar-refractivity contribution < 1.29 is 23.5 Å². The average molecular weight is 420 g/mol. The molecule has 0 unspecified atom stereocenters. The van der Waals surface area contributed by atoms with Crippen LogP contribution in [0.5, 0.6) is 5.75 Å². The Kier molecular flexibility index (Phi) is 6.23. The lowest BCUT2D eigenvalue weighted by Crippen LogP contribution is -2.16. The highest BCUT2D eigenvalue weighted by Crippen LogP contribution is 2.26. The zero-order valence-electron chi connectivity index (χ0n) is 14.7. The Bertz CT molecular complexity index is 1000. The number of rotatable bonds is 6. The Morgan fingerprint density at radius 3 is 2.57 bits per heavy atom. The summed E-state index contributed by atoms with van der Waals surface area (Å²) in [6, 6.07) is 11.0. The number of nitrogens with one attached hydrogen (secondary N) is 1. The van der Waals surface area contributed by atoms with Crippen molar-refractivity contribution in [2.45, 2.75) is 6.61 Å². The lowest BCUT2D eigenvalue weighted by atomic mass is 10.1. The van der Waals surface area contributed by atoms with Crippen LogP contribution in [-0.2, 0) is 11.3 Å². The van der Waals surface area contributed by atoms with Crippen LogP contribution >= 0.6 is 23.2 Å². The van der Waals surface area contributed by atoms with Gasteiger partial charge in [-0.3, -0.25) is 4.79 Å². The van der Waals surface area contributed by atoms with E-state index in [1.807, 2.05) is 0 Å².